The van der Waals surface area contributed by atoms with Crippen molar-refractivity contribution in [2.45, 2.75) is 24.9 Å². The van der Waals surface area contributed by atoms with Crippen molar-refractivity contribution in [3.63, 3.8) is 0 Å². The molecule has 0 unspecified atom stereocenters. The molecule has 7 nitrogen and oxygen atoms in total. The van der Waals surface area contributed by atoms with Gasteiger partial charge in [-0.25, -0.2) is 0 Å². The second kappa shape index (κ2) is 9.40. The van der Waals surface area contributed by atoms with Crippen LogP contribution in [0, 0.1) is 0 Å². The lowest BCUT2D eigenvalue weighted by Gasteiger charge is -2.15. The monoisotopic (exact) mass is 428 g/mol. The Bertz CT molecular complexity index is 1000. The van der Waals surface area contributed by atoms with Crippen molar-refractivity contribution in [3.05, 3.63) is 42.0 Å². The largest absolute Gasteiger partial charge is 0.508 e. The molecule has 0 fully saturated rings. The highest BCUT2D eigenvalue weighted by molar-refractivity contribution is 7.99. The third-order valence-corrected chi connectivity index (χ3v) is 5.65. The molecule has 0 amide bonds. The Morgan fingerprint density at radius 2 is 1.77 bits per heavy atom. The molecule has 0 saturated carbocycles. The predicted molar refractivity (Wildman–Crippen MR) is 120 cm³/mol. The minimum Gasteiger partial charge on any atom is -0.508 e. The molecule has 2 N–H and O–H groups in total. The molecule has 3 rings (SSSR count). The maximum atomic E-state index is 10.6. The lowest BCUT2D eigenvalue weighted by molar-refractivity contribution is 0.414. The fourth-order valence-corrected chi connectivity index (χ4v) is 4.12. The van der Waals surface area contributed by atoms with E-state index in [-0.39, 0.29) is 17.4 Å². The average Bonchev–Trinajstić information content (AvgIpc) is 3.11. The fourth-order valence-electron chi connectivity index (χ4n) is 3.06. The van der Waals surface area contributed by atoms with E-state index in [1.807, 2.05) is 56.8 Å². The number of nitrogens with zero attached hydrogens (tertiary/aromatic N) is 4. The van der Waals surface area contributed by atoms with Gasteiger partial charge in [0, 0.05) is 18.4 Å². The summed E-state index contributed by atoms with van der Waals surface area (Å²) in [6.45, 7) is 4.89. The van der Waals surface area contributed by atoms with E-state index in [9.17, 15) is 10.2 Å². The standard InChI is InChI=1S/C22H28N4O3S/c1-14(2)17-12-18(20(28)13-19(17)27)21-23-24-22(30-11-10-25(3)4)26(21)15-6-8-16(29-5)9-7-15/h6-9,12-14,27-28H,10-11H2,1-5H3. The van der Waals surface area contributed by atoms with Gasteiger partial charge in [0.05, 0.1) is 18.4 Å². The van der Waals surface area contributed by atoms with Crippen LogP contribution in [0.15, 0.2) is 41.6 Å². The molecule has 0 spiro atoms. The van der Waals surface area contributed by atoms with Gasteiger partial charge >= 0.3 is 0 Å². The maximum absolute atomic E-state index is 10.6. The van der Waals surface area contributed by atoms with Gasteiger partial charge in [0.15, 0.2) is 11.0 Å². The number of hydrogen-bond donors (Lipinski definition) is 2. The fraction of sp³-hybridized carbons (Fsp3) is 0.364. The summed E-state index contributed by atoms with van der Waals surface area (Å²) in [6, 6.07) is 10.8. The van der Waals surface area contributed by atoms with Crippen molar-refractivity contribution in [1.82, 2.24) is 19.7 Å². The van der Waals surface area contributed by atoms with E-state index in [0.29, 0.717) is 11.4 Å². The SMILES string of the molecule is COc1ccc(-n2c(SCCN(C)C)nnc2-c2cc(C(C)C)c(O)cc2O)cc1. The molecule has 0 aliphatic carbocycles. The van der Waals surface area contributed by atoms with E-state index < -0.39 is 0 Å². The van der Waals surface area contributed by atoms with Crippen LogP contribution >= 0.6 is 11.8 Å². The van der Waals surface area contributed by atoms with Gasteiger partial charge in [-0.15, -0.1) is 10.2 Å². The second-order valence-electron chi connectivity index (χ2n) is 7.57. The van der Waals surface area contributed by atoms with Crippen LogP contribution < -0.4 is 4.74 Å². The highest BCUT2D eigenvalue weighted by Crippen LogP contribution is 2.39. The quantitative estimate of drug-likeness (QED) is 0.522. The third kappa shape index (κ3) is 4.71. The van der Waals surface area contributed by atoms with Crippen molar-refractivity contribution >= 4 is 11.8 Å². The lowest BCUT2D eigenvalue weighted by atomic mass is 9.98. The van der Waals surface area contributed by atoms with Gasteiger partial charge in [-0.2, -0.15) is 0 Å². The Labute approximate surface area is 181 Å². The summed E-state index contributed by atoms with van der Waals surface area (Å²) in [5.41, 5.74) is 2.13. The molecule has 1 aromatic heterocycles. The summed E-state index contributed by atoms with van der Waals surface area (Å²) in [5.74, 6) is 2.25. The smallest absolute Gasteiger partial charge is 0.196 e. The predicted octanol–water partition coefficient (Wildman–Crippen LogP) is 4.13. The van der Waals surface area contributed by atoms with E-state index in [0.717, 1.165) is 34.5 Å². The minimum atomic E-state index is -0.0381. The van der Waals surface area contributed by atoms with Crippen LogP contribution in [0.4, 0.5) is 0 Å². The first-order chi connectivity index (χ1) is 14.3. The molecule has 30 heavy (non-hydrogen) atoms. The summed E-state index contributed by atoms with van der Waals surface area (Å²) in [6.07, 6.45) is 0. The third-order valence-electron chi connectivity index (χ3n) is 4.74. The highest BCUT2D eigenvalue weighted by atomic mass is 32.2. The number of benzene rings is 2. The molecule has 8 heteroatoms. The molecule has 0 aliphatic heterocycles. The molecular weight excluding hydrogens is 400 g/mol. The molecule has 160 valence electrons. The molecule has 0 atom stereocenters. The van der Waals surface area contributed by atoms with Gasteiger partial charge in [0.2, 0.25) is 0 Å². The first kappa shape index (κ1) is 22.0. The molecular formula is C22H28N4O3S. The van der Waals surface area contributed by atoms with Gasteiger partial charge in [-0.3, -0.25) is 4.57 Å². The van der Waals surface area contributed by atoms with Gasteiger partial charge in [-0.1, -0.05) is 25.6 Å². The number of phenolic OH excluding ortho intramolecular Hbond substituents is 2. The zero-order valence-electron chi connectivity index (χ0n) is 18.0. The van der Waals surface area contributed by atoms with Crippen LogP contribution in [0.25, 0.3) is 17.1 Å². The number of methoxy groups -OCH3 is 1. The second-order valence-corrected chi connectivity index (χ2v) is 8.64. The molecule has 2 aromatic carbocycles. The number of phenols is 2. The molecule has 0 bridgehead atoms. The van der Waals surface area contributed by atoms with Gasteiger partial charge in [-0.05, 0) is 55.9 Å². The normalized spacial score (nSPS) is 11.4. The van der Waals surface area contributed by atoms with Crippen molar-refractivity contribution in [2.24, 2.45) is 0 Å². The van der Waals surface area contributed by atoms with Crippen LogP contribution in [-0.4, -0.2) is 63.4 Å². The minimum absolute atomic E-state index is 0.0381. The lowest BCUT2D eigenvalue weighted by Crippen LogP contribution is -2.15. The van der Waals surface area contributed by atoms with Crippen LogP contribution in [-0.2, 0) is 0 Å². The Morgan fingerprint density at radius 1 is 1.07 bits per heavy atom. The molecule has 0 saturated heterocycles. The van der Waals surface area contributed by atoms with Crippen LogP contribution in [0.5, 0.6) is 17.2 Å². The van der Waals surface area contributed by atoms with Gasteiger partial charge < -0.3 is 19.8 Å². The first-order valence-electron chi connectivity index (χ1n) is 9.75. The van der Waals surface area contributed by atoms with E-state index in [2.05, 4.69) is 15.1 Å². The summed E-state index contributed by atoms with van der Waals surface area (Å²) >= 11 is 1.60. The zero-order valence-corrected chi connectivity index (χ0v) is 18.8. The molecule has 3 aromatic rings. The van der Waals surface area contributed by atoms with E-state index >= 15 is 0 Å². The highest BCUT2D eigenvalue weighted by Gasteiger charge is 2.21. The molecule has 0 radical (unpaired) electrons. The Balaban J connectivity index is 2.12. The van der Waals surface area contributed by atoms with Crippen molar-refractivity contribution in [1.29, 1.82) is 0 Å². The zero-order chi connectivity index (χ0) is 21.8. The number of aromatic nitrogens is 3. The Kier molecular flexibility index (Phi) is 6.89. The molecule has 1 heterocycles. The van der Waals surface area contributed by atoms with E-state index in [1.54, 1.807) is 24.9 Å². The van der Waals surface area contributed by atoms with Gasteiger partial charge in [0.25, 0.3) is 0 Å². The number of rotatable bonds is 8. The number of ether oxygens (including phenoxy) is 1. The Hall–Kier alpha value is -2.71. The van der Waals surface area contributed by atoms with E-state index in [1.165, 1.54) is 6.07 Å². The summed E-state index contributed by atoms with van der Waals surface area (Å²) < 4.78 is 7.20. The average molecular weight is 429 g/mol. The summed E-state index contributed by atoms with van der Waals surface area (Å²) in [4.78, 5) is 2.11. The number of hydrogen-bond acceptors (Lipinski definition) is 7. The molecule has 0 aliphatic rings. The first-order valence-corrected chi connectivity index (χ1v) is 10.7. The van der Waals surface area contributed by atoms with E-state index in [4.69, 9.17) is 4.74 Å². The summed E-state index contributed by atoms with van der Waals surface area (Å²) in [7, 11) is 5.69. The maximum Gasteiger partial charge on any atom is 0.196 e. The van der Waals surface area contributed by atoms with Crippen LogP contribution in [0.3, 0.4) is 0 Å². The van der Waals surface area contributed by atoms with Crippen LogP contribution in [0.2, 0.25) is 0 Å². The van der Waals surface area contributed by atoms with Gasteiger partial charge in [0.1, 0.15) is 17.2 Å². The topological polar surface area (TPSA) is 83.6 Å². The van der Waals surface area contributed by atoms with Crippen molar-refractivity contribution < 1.29 is 14.9 Å². The van der Waals surface area contributed by atoms with Crippen molar-refractivity contribution in [2.75, 3.05) is 33.5 Å². The number of aromatic hydroxyl groups is 2. The van der Waals surface area contributed by atoms with Crippen molar-refractivity contribution in [3.8, 4) is 34.3 Å². The Morgan fingerprint density at radius 3 is 2.37 bits per heavy atom. The van der Waals surface area contributed by atoms with Crippen LogP contribution in [0.1, 0.15) is 25.3 Å². The summed E-state index contributed by atoms with van der Waals surface area (Å²) in [5, 5.41) is 30.3. The number of thioether (sulfide) groups is 1.